The highest BCUT2D eigenvalue weighted by Crippen LogP contribution is 2.34. The van der Waals surface area contributed by atoms with Crippen molar-refractivity contribution in [2.24, 2.45) is 0 Å². The summed E-state index contributed by atoms with van der Waals surface area (Å²) in [5.41, 5.74) is 0.821. The topological polar surface area (TPSA) is 32.7 Å². The number of ether oxygens (including phenoxy) is 1. The van der Waals surface area contributed by atoms with E-state index in [2.05, 4.69) is 25.7 Å². The lowest BCUT2D eigenvalue weighted by atomic mass is 9.89. The SMILES string of the molecule is Cc1sccc1C(O)C(C)(C)N1CCOCC1. The fourth-order valence-electron chi connectivity index (χ4n) is 2.37. The Morgan fingerprint density at radius 1 is 1.41 bits per heavy atom. The van der Waals surface area contributed by atoms with Gasteiger partial charge in [0.25, 0.3) is 0 Å². The zero-order chi connectivity index (χ0) is 12.5. The number of thiophene rings is 1. The first-order valence-electron chi connectivity index (χ1n) is 6.08. The third kappa shape index (κ3) is 2.55. The van der Waals surface area contributed by atoms with Gasteiger partial charge in [-0.1, -0.05) is 0 Å². The first-order chi connectivity index (χ1) is 8.03. The molecule has 4 heteroatoms. The van der Waals surface area contributed by atoms with E-state index in [1.807, 2.05) is 11.4 Å². The van der Waals surface area contributed by atoms with Crippen molar-refractivity contribution in [1.82, 2.24) is 4.90 Å². The minimum absolute atomic E-state index is 0.240. The fourth-order valence-corrected chi connectivity index (χ4v) is 3.11. The van der Waals surface area contributed by atoms with E-state index < -0.39 is 6.10 Å². The number of hydrogen-bond acceptors (Lipinski definition) is 4. The molecule has 1 atom stereocenters. The number of rotatable bonds is 3. The summed E-state index contributed by atoms with van der Waals surface area (Å²) < 4.78 is 5.37. The number of aryl methyl sites for hydroxylation is 1. The Labute approximate surface area is 107 Å². The van der Waals surface area contributed by atoms with Crippen molar-refractivity contribution >= 4 is 11.3 Å². The van der Waals surface area contributed by atoms with Crippen LogP contribution in [0.15, 0.2) is 11.4 Å². The van der Waals surface area contributed by atoms with Gasteiger partial charge in [0.1, 0.15) is 0 Å². The molecule has 0 radical (unpaired) electrons. The molecule has 1 fully saturated rings. The molecule has 1 N–H and O–H groups in total. The van der Waals surface area contributed by atoms with Crippen LogP contribution < -0.4 is 0 Å². The Balaban J connectivity index is 2.16. The summed E-state index contributed by atoms with van der Waals surface area (Å²) in [6, 6.07) is 2.03. The van der Waals surface area contributed by atoms with Gasteiger partial charge in [-0.2, -0.15) is 0 Å². The zero-order valence-corrected chi connectivity index (χ0v) is 11.6. The number of hydrogen-bond donors (Lipinski definition) is 1. The predicted octanol–water partition coefficient (Wildman–Crippen LogP) is 2.20. The van der Waals surface area contributed by atoms with Crippen LogP contribution in [0.25, 0.3) is 0 Å². The normalized spacial score (nSPS) is 20.5. The number of aliphatic hydroxyl groups is 1. The van der Waals surface area contributed by atoms with Crippen LogP contribution in [0.3, 0.4) is 0 Å². The van der Waals surface area contributed by atoms with E-state index in [1.54, 1.807) is 11.3 Å². The lowest BCUT2D eigenvalue weighted by molar-refractivity contribution is -0.0630. The highest BCUT2D eigenvalue weighted by molar-refractivity contribution is 7.10. The monoisotopic (exact) mass is 255 g/mol. The summed E-state index contributed by atoms with van der Waals surface area (Å²) in [6.45, 7) is 9.61. The van der Waals surface area contributed by atoms with E-state index >= 15 is 0 Å². The lowest BCUT2D eigenvalue weighted by Gasteiger charge is -2.43. The highest BCUT2D eigenvalue weighted by atomic mass is 32.1. The maximum atomic E-state index is 10.6. The average Bonchev–Trinajstić information content (AvgIpc) is 2.75. The van der Waals surface area contributed by atoms with Crippen molar-refractivity contribution in [1.29, 1.82) is 0 Å². The molecule has 0 bridgehead atoms. The predicted molar refractivity (Wildman–Crippen MR) is 70.5 cm³/mol. The van der Waals surface area contributed by atoms with Crippen LogP contribution in [0.1, 0.15) is 30.4 Å². The first-order valence-corrected chi connectivity index (χ1v) is 6.96. The molecule has 17 heavy (non-hydrogen) atoms. The number of nitrogens with zero attached hydrogens (tertiary/aromatic N) is 1. The second-order valence-corrected chi connectivity index (χ2v) is 6.21. The first kappa shape index (κ1) is 13.0. The van der Waals surface area contributed by atoms with Gasteiger partial charge in [0.2, 0.25) is 0 Å². The van der Waals surface area contributed by atoms with Crippen molar-refractivity contribution in [2.45, 2.75) is 32.4 Å². The summed E-state index contributed by atoms with van der Waals surface area (Å²) in [6.07, 6.45) is -0.438. The van der Waals surface area contributed by atoms with Gasteiger partial charge in [0.15, 0.2) is 0 Å². The smallest absolute Gasteiger partial charge is 0.0978 e. The van der Waals surface area contributed by atoms with Crippen LogP contribution in [0.2, 0.25) is 0 Å². The minimum atomic E-state index is -0.438. The molecule has 3 nitrogen and oxygen atoms in total. The molecular formula is C13H21NO2S. The average molecular weight is 255 g/mol. The van der Waals surface area contributed by atoms with Gasteiger partial charge in [0, 0.05) is 23.5 Å². The summed E-state index contributed by atoms with van der Waals surface area (Å²) >= 11 is 1.69. The molecule has 1 unspecified atom stereocenters. The van der Waals surface area contributed by atoms with Crippen LogP contribution in [0.5, 0.6) is 0 Å². The van der Waals surface area contributed by atoms with E-state index in [4.69, 9.17) is 4.74 Å². The van der Waals surface area contributed by atoms with Crippen molar-refractivity contribution in [3.05, 3.63) is 21.9 Å². The van der Waals surface area contributed by atoms with Crippen LogP contribution >= 0.6 is 11.3 Å². The molecule has 2 heterocycles. The molecule has 1 aliphatic heterocycles. The van der Waals surface area contributed by atoms with Gasteiger partial charge in [-0.15, -0.1) is 11.3 Å². The second kappa shape index (κ2) is 5.06. The Morgan fingerprint density at radius 2 is 2.06 bits per heavy atom. The van der Waals surface area contributed by atoms with E-state index in [-0.39, 0.29) is 5.54 Å². The maximum absolute atomic E-state index is 10.6. The summed E-state index contributed by atoms with van der Waals surface area (Å²) in [4.78, 5) is 3.52. The van der Waals surface area contributed by atoms with Gasteiger partial charge in [-0.05, 0) is 37.8 Å². The Morgan fingerprint density at radius 3 is 2.59 bits per heavy atom. The van der Waals surface area contributed by atoms with Crippen molar-refractivity contribution in [3.63, 3.8) is 0 Å². The third-order valence-electron chi connectivity index (χ3n) is 3.69. The van der Waals surface area contributed by atoms with Gasteiger partial charge < -0.3 is 9.84 Å². The Bertz CT molecular complexity index is 369. The molecule has 0 amide bonds. The maximum Gasteiger partial charge on any atom is 0.0978 e. The molecule has 1 aromatic rings. The molecule has 1 aromatic heterocycles. The van der Waals surface area contributed by atoms with Gasteiger partial charge in [-0.3, -0.25) is 4.90 Å². The Hall–Kier alpha value is -0.420. The zero-order valence-electron chi connectivity index (χ0n) is 10.8. The Kier molecular flexibility index (Phi) is 3.88. The van der Waals surface area contributed by atoms with Gasteiger partial charge in [0.05, 0.1) is 19.3 Å². The molecule has 0 aliphatic carbocycles. The van der Waals surface area contributed by atoms with Gasteiger partial charge >= 0.3 is 0 Å². The molecule has 2 rings (SSSR count). The van der Waals surface area contributed by atoms with Crippen LogP contribution in [0, 0.1) is 6.92 Å². The van der Waals surface area contributed by atoms with E-state index in [9.17, 15) is 5.11 Å². The fraction of sp³-hybridized carbons (Fsp3) is 0.692. The summed E-state index contributed by atoms with van der Waals surface area (Å²) in [7, 11) is 0. The summed E-state index contributed by atoms with van der Waals surface area (Å²) in [5.74, 6) is 0. The van der Waals surface area contributed by atoms with Crippen molar-refractivity contribution in [3.8, 4) is 0 Å². The van der Waals surface area contributed by atoms with E-state index in [0.717, 1.165) is 31.9 Å². The van der Waals surface area contributed by atoms with E-state index in [0.29, 0.717) is 0 Å². The molecule has 1 saturated heterocycles. The van der Waals surface area contributed by atoms with Crippen molar-refractivity contribution in [2.75, 3.05) is 26.3 Å². The van der Waals surface area contributed by atoms with Crippen LogP contribution in [0.4, 0.5) is 0 Å². The molecular weight excluding hydrogens is 234 g/mol. The van der Waals surface area contributed by atoms with Crippen LogP contribution in [-0.2, 0) is 4.74 Å². The minimum Gasteiger partial charge on any atom is -0.386 e. The molecule has 96 valence electrons. The largest absolute Gasteiger partial charge is 0.386 e. The number of morpholine rings is 1. The summed E-state index contributed by atoms with van der Waals surface area (Å²) in [5, 5.41) is 12.6. The molecule has 0 aromatic carbocycles. The van der Waals surface area contributed by atoms with Crippen LogP contribution in [-0.4, -0.2) is 41.8 Å². The quantitative estimate of drug-likeness (QED) is 0.899. The molecule has 0 saturated carbocycles. The molecule has 0 spiro atoms. The second-order valence-electron chi connectivity index (χ2n) is 5.09. The van der Waals surface area contributed by atoms with Gasteiger partial charge in [-0.25, -0.2) is 0 Å². The lowest BCUT2D eigenvalue weighted by Crippen LogP contribution is -2.53. The van der Waals surface area contributed by atoms with Crippen molar-refractivity contribution < 1.29 is 9.84 Å². The highest BCUT2D eigenvalue weighted by Gasteiger charge is 2.36. The standard InChI is InChI=1S/C13H21NO2S/c1-10-11(4-9-17-10)12(15)13(2,3)14-5-7-16-8-6-14/h4,9,12,15H,5-8H2,1-3H3. The van der Waals surface area contributed by atoms with E-state index in [1.165, 1.54) is 4.88 Å². The third-order valence-corrected chi connectivity index (χ3v) is 4.55. The number of aliphatic hydroxyl groups excluding tert-OH is 1. The molecule has 1 aliphatic rings.